The van der Waals surface area contributed by atoms with E-state index in [1.165, 1.54) is 23.9 Å². The summed E-state index contributed by atoms with van der Waals surface area (Å²) in [6.07, 6.45) is 3.43. The molecule has 3 heterocycles. The fraction of sp³-hybridized carbons (Fsp3) is 0.167. The Hall–Kier alpha value is -3.07. The van der Waals surface area contributed by atoms with Gasteiger partial charge in [-0.1, -0.05) is 11.8 Å². The maximum absolute atomic E-state index is 13.1. The van der Waals surface area contributed by atoms with Crippen LogP contribution < -0.4 is 0 Å². The van der Waals surface area contributed by atoms with Gasteiger partial charge in [-0.2, -0.15) is 0 Å². The SMILES string of the molecule is C[C@H](Sc1nnc(-c2ccncc2)n1C)c1nnc(-c2ccc(F)cc2)o1. The van der Waals surface area contributed by atoms with Crippen molar-refractivity contribution >= 4 is 11.8 Å². The molecule has 136 valence electrons. The molecule has 0 aliphatic heterocycles. The Balaban J connectivity index is 1.52. The highest BCUT2D eigenvalue weighted by Crippen LogP contribution is 2.35. The topological polar surface area (TPSA) is 82.5 Å². The fourth-order valence-corrected chi connectivity index (χ4v) is 3.33. The van der Waals surface area contributed by atoms with E-state index in [1.54, 1.807) is 24.5 Å². The van der Waals surface area contributed by atoms with Crippen LogP contribution >= 0.6 is 11.8 Å². The van der Waals surface area contributed by atoms with Crippen LogP contribution in [0.15, 0.2) is 58.4 Å². The molecule has 0 saturated carbocycles. The highest BCUT2D eigenvalue weighted by atomic mass is 32.2. The van der Waals surface area contributed by atoms with Crippen LogP contribution in [0, 0.1) is 5.82 Å². The normalized spacial score (nSPS) is 12.3. The van der Waals surface area contributed by atoms with Crippen LogP contribution in [0.2, 0.25) is 0 Å². The molecule has 4 aromatic rings. The summed E-state index contributed by atoms with van der Waals surface area (Å²) in [6.45, 7) is 1.95. The molecule has 1 aromatic carbocycles. The Morgan fingerprint density at radius 3 is 2.44 bits per heavy atom. The molecule has 7 nitrogen and oxygen atoms in total. The lowest BCUT2D eigenvalue weighted by molar-refractivity contribution is 0.508. The second kappa shape index (κ2) is 7.28. The monoisotopic (exact) mass is 382 g/mol. The molecule has 0 aliphatic carbocycles. The second-order valence-corrected chi connectivity index (χ2v) is 7.12. The first-order valence-electron chi connectivity index (χ1n) is 8.17. The third kappa shape index (κ3) is 3.59. The van der Waals surface area contributed by atoms with E-state index in [-0.39, 0.29) is 11.1 Å². The van der Waals surface area contributed by atoms with Crippen molar-refractivity contribution in [3.05, 3.63) is 60.5 Å². The first-order valence-corrected chi connectivity index (χ1v) is 9.05. The molecular formula is C18H15FN6OS. The molecule has 3 aromatic heterocycles. The minimum absolute atomic E-state index is 0.125. The molecule has 0 saturated heterocycles. The Labute approximate surface area is 158 Å². The van der Waals surface area contributed by atoms with Gasteiger partial charge in [0.25, 0.3) is 0 Å². The predicted molar refractivity (Wildman–Crippen MR) is 98.2 cm³/mol. The summed E-state index contributed by atoms with van der Waals surface area (Å²) >= 11 is 1.47. The van der Waals surface area contributed by atoms with Gasteiger partial charge >= 0.3 is 0 Å². The van der Waals surface area contributed by atoms with Crippen LogP contribution in [0.25, 0.3) is 22.8 Å². The molecule has 0 aliphatic rings. The number of pyridine rings is 1. The fourth-order valence-electron chi connectivity index (χ4n) is 2.49. The Kier molecular flexibility index (Phi) is 4.68. The Morgan fingerprint density at radius 1 is 0.963 bits per heavy atom. The first kappa shape index (κ1) is 17.3. The van der Waals surface area contributed by atoms with E-state index in [1.807, 2.05) is 30.7 Å². The summed E-state index contributed by atoms with van der Waals surface area (Å²) in [5.41, 5.74) is 1.61. The largest absolute Gasteiger partial charge is 0.419 e. The zero-order chi connectivity index (χ0) is 18.8. The van der Waals surface area contributed by atoms with E-state index in [9.17, 15) is 4.39 Å². The number of rotatable bonds is 5. The van der Waals surface area contributed by atoms with E-state index in [4.69, 9.17) is 4.42 Å². The van der Waals surface area contributed by atoms with Crippen molar-refractivity contribution in [1.29, 1.82) is 0 Å². The third-order valence-corrected chi connectivity index (χ3v) is 5.06. The lowest BCUT2D eigenvalue weighted by atomic mass is 10.2. The Bertz CT molecular complexity index is 1050. The smallest absolute Gasteiger partial charge is 0.247 e. The summed E-state index contributed by atoms with van der Waals surface area (Å²) in [7, 11) is 1.91. The maximum atomic E-state index is 13.1. The van der Waals surface area contributed by atoms with Crippen molar-refractivity contribution in [2.45, 2.75) is 17.3 Å². The lowest BCUT2D eigenvalue weighted by Crippen LogP contribution is -1.97. The number of benzene rings is 1. The van der Waals surface area contributed by atoms with Gasteiger partial charge in [-0.15, -0.1) is 20.4 Å². The van der Waals surface area contributed by atoms with Gasteiger partial charge in [0.1, 0.15) is 5.82 Å². The molecule has 0 bridgehead atoms. The molecule has 0 fully saturated rings. The standard InChI is InChI=1S/C18H15FN6OS/c1-11(16-22-23-17(26-16)13-3-5-14(19)6-4-13)27-18-24-21-15(25(18)2)12-7-9-20-10-8-12/h3-11H,1-2H3/t11-/m0/s1. The summed E-state index contributed by atoms with van der Waals surface area (Å²) in [4.78, 5) is 4.02. The zero-order valence-electron chi connectivity index (χ0n) is 14.6. The van der Waals surface area contributed by atoms with Crippen LogP contribution in [-0.2, 0) is 7.05 Å². The predicted octanol–water partition coefficient (Wildman–Crippen LogP) is 3.92. The molecule has 0 spiro atoms. The van der Waals surface area contributed by atoms with Crippen LogP contribution in [0.4, 0.5) is 4.39 Å². The van der Waals surface area contributed by atoms with Gasteiger partial charge in [0.05, 0.1) is 5.25 Å². The van der Waals surface area contributed by atoms with Gasteiger partial charge in [0.15, 0.2) is 11.0 Å². The minimum atomic E-state index is -0.310. The zero-order valence-corrected chi connectivity index (χ0v) is 15.4. The second-order valence-electron chi connectivity index (χ2n) is 5.81. The summed E-state index contributed by atoms with van der Waals surface area (Å²) in [5.74, 6) is 1.26. The first-order chi connectivity index (χ1) is 13.1. The van der Waals surface area contributed by atoms with E-state index in [2.05, 4.69) is 25.4 Å². The third-order valence-electron chi connectivity index (χ3n) is 3.94. The van der Waals surface area contributed by atoms with Crippen LogP contribution in [0.5, 0.6) is 0 Å². The summed E-state index contributed by atoms with van der Waals surface area (Å²) in [6, 6.07) is 9.70. The van der Waals surface area contributed by atoms with Gasteiger partial charge in [-0.25, -0.2) is 4.39 Å². The highest BCUT2D eigenvalue weighted by Gasteiger charge is 2.20. The number of nitrogens with zero attached hydrogens (tertiary/aromatic N) is 6. The average Bonchev–Trinajstić information content (AvgIpc) is 3.31. The van der Waals surface area contributed by atoms with Gasteiger partial charge in [-0.05, 0) is 43.3 Å². The van der Waals surface area contributed by atoms with E-state index in [0.29, 0.717) is 17.3 Å². The van der Waals surface area contributed by atoms with Gasteiger partial charge in [-0.3, -0.25) is 4.98 Å². The van der Waals surface area contributed by atoms with Crippen LogP contribution in [0.1, 0.15) is 18.1 Å². The number of hydrogen-bond donors (Lipinski definition) is 0. The van der Waals surface area contributed by atoms with Gasteiger partial charge in [0.2, 0.25) is 11.8 Å². The van der Waals surface area contributed by atoms with Crippen molar-refractivity contribution in [3.63, 3.8) is 0 Å². The van der Waals surface area contributed by atoms with E-state index >= 15 is 0 Å². The average molecular weight is 382 g/mol. The Morgan fingerprint density at radius 2 is 1.70 bits per heavy atom. The van der Waals surface area contributed by atoms with Crippen molar-refractivity contribution in [3.8, 4) is 22.8 Å². The van der Waals surface area contributed by atoms with Crippen molar-refractivity contribution < 1.29 is 8.81 Å². The van der Waals surface area contributed by atoms with Crippen molar-refractivity contribution in [2.24, 2.45) is 7.05 Å². The molecule has 4 rings (SSSR count). The quantitative estimate of drug-likeness (QED) is 0.484. The molecule has 0 unspecified atom stereocenters. The maximum Gasteiger partial charge on any atom is 0.247 e. The molecule has 0 amide bonds. The number of halogens is 1. The van der Waals surface area contributed by atoms with Crippen molar-refractivity contribution in [1.82, 2.24) is 29.9 Å². The van der Waals surface area contributed by atoms with Gasteiger partial charge in [0, 0.05) is 30.6 Å². The van der Waals surface area contributed by atoms with E-state index in [0.717, 1.165) is 16.5 Å². The van der Waals surface area contributed by atoms with Crippen LogP contribution in [-0.4, -0.2) is 29.9 Å². The lowest BCUT2D eigenvalue weighted by Gasteiger charge is -2.07. The molecule has 1 atom stereocenters. The molecule has 9 heteroatoms. The number of thioether (sulfide) groups is 1. The molecule has 0 N–H and O–H groups in total. The van der Waals surface area contributed by atoms with Gasteiger partial charge < -0.3 is 8.98 Å². The number of hydrogen-bond acceptors (Lipinski definition) is 7. The molecular weight excluding hydrogens is 367 g/mol. The highest BCUT2D eigenvalue weighted by molar-refractivity contribution is 7.99. The van der Waals surface area contributed by atoms with E-state index < -0.39 is 0 Å². The summed E-state index contributed by atoms with van der Waals surface area (Å²) in [5, 5.41) is 17.3. The molecule has 27 heavy (non-hydrogen) atoms. The summed E-state index contributed by atoms with van der Waals surface area (Å²) < 4.78 is 20.7. The van der Waals surface area contributed by atoms with Crippen LogP contribution in [0.3, 0.4) is 0 Å². The molecule has 0 radical (unpaired) electrons. The minimum Gasteiger partial charge on any atom is -0.419 e. The van der Waals surface area contributed by atoms with Crippen molar-refractivity contribution in [2.75, 3.05) is 0 Å². The number of aromatic nitrogens is 6.